The van der Waals surface area contributed by atoms with Gasteiger partial charge in [-0.15, -0.1) is 0 Å². The summed E-state index contributed by atoms with van der Waals surface area (Å²) in [4.78, 5) is 22.7. The molecule has 1 aliphatic carbocycles. The van der Waals surface area contributed by atoms with Crippen LogP contribution in [0.4, 0.5) is 0 Å². The number of hydrogen-bond donors (Lipinski definition) is 2. The van der Waals surface area contributed by atoms with E-state index in [0.717, 1.165) is 30.4 Å². The van der Waals surface area contributed by atoms with Crippen molar-refractivity contribution in [1.29, 1.82) is 0 Å². The van der Waals surface area contributed by atoms with E-state index in [0.29, 0.717) is 5.56 Å². The number of carboxylic acid groups (broad SMARTS) is 2. The van der Waals surface area contributed by atoms with Gasteiger partial charge in [0.1, 0.15) is 0 Å². The lowest BCUT2D eigenvalue weighted by atomic mass is 9.70. The molecule has 0 spiro atoms. The van der Waals surface area contributed by atoms with Crippen molar-refractivity contribution in [3.8, 4) is 0 Å². The van der Waals surface area contributed by atoms with Gasteiger partial charge in [0.2, 0.25) is 0 Å². The SMILES string of the molecule is CCC1(C)CC(CC)(c2ccc(C(=O)O)cc2)c2cc(C(=O)O)ccc21. The van der Waals surface area contributed by atoms with E-state index in [9.17, 15) is 19.8 Å². The highest BCUT2D eigenvalue weighted by atomic mass is 16.4. The van der Waals surface area contributed by atoms with Crippen LogP contribution in [0, 0.1) is 0 Å². The molecule has 4 nitrogen and oxygen atoms in total. The molecule has 0 bridgehead atoms. The van der Waals surface area contributed by atoms with E-state index in [2.05, 4.69) is 20.8 Å². The van der Waals surface area contributed by atoms with E-state index < -0.39 is 11.9 Å². The lowest BCUT2D eigenvalue weighted by molar-refractivity contribution is 0.0686. The lowest BCUT2D eigenvalue weighted by Crippen LogP contribution is -2.27. The summed E-state index contributed by atoms with van der Waals surface area (Å²) < 4.78 is 0. The summed E-state index contributed by atoms with van der Waals surface area (Å²) in [6, 6.07) is 12.5. The van der Waals surface area contributed by atoms with Gasteiger partial charge in [0.05, 0.1) is 11.1 Å². The first-order chi connectivity index (χ1) is 12.3. The van der Waals surface area contributed by atoms with Crippen LogP contribution in [-0.4, -0.2) is 22.2 Å². The first kappa shape index (κ1) is 18.2. The van der Waals surface area contributed by atoms with Crippen molar-refractivity contribution >= 4 is 11.9 Å². The topological polar surface area (TPSA) is 74.6 Å². The average Bonchev–Trinajstić information content (AvgIpc) is 2.91. The highest BCUT2D eigenvalue weighted by Crippen LogP contribution is 2.56. The highest BCUT2D eigenvalue weighted by molar-refractivity contribution is 5.89. The van der Waals surface area contributed by atoms with Crippen molar-refractivity contribution in [2.24, 2.45) is 0 Å². The Kier molecular flexibility index (Phi) is 4.39. The number of aromatic carboxylic acids is 2. The Balaban J connectivity index is 2.23. The second-order valence-electron chi connectivity index (χ2n) is 7.47. The van der Waals surface area contributed by atoms with Crippen LogP contribution in [0.15, 0.2) is 42.5 Å². The minimum Gasteiger partial charge on any atom is -0.478 e. The summed E-state index contributed by atoms with van der Waals surface area (Å²) in [5, 5.41) is 18.6. The maximum Gasteiger partial charge on any atom is 0.335 e. The van der Waals surface area contributed by atoms with Crippen LogP contribution in [0.2, 0.25) is 0 Å². The van der Waals surface area contributed by atoms with E-state index in [1.807, 2.05) is 24.3 Å². The average molecular weight is 352 g/mol. The fraction of sp³-hybridized carbons (Fsp3) is 0.364. The molecule has 136 valence electrons. The second-order valence-corrected chi connectivity index (χ2v) is 7.47. The van der Waals surface area contributed by atoms with Gasteiger partial charge < -0.3 is 10.2 Å². The van der Waals surface area contributed by atoms with E-state index in [-0.39, 0.29) is 16.4 Å². The number of rotatable bonds is 5. The summed E-state index contributed by atoms with van der Waals surface area (Å²) in [6.07, 6.45) is 2.67. The van der Waals surface area contributed by atoms with E-state index in [1.165, 1.54) is 5.56 Å². The van der Waals surface area contributed by atoms with Gasteiger partial charge in [0.15, 0.2) is 0 Å². The summed E-state index contributed by atoms with van der Waals surface area (Å²) in [7, 11) is 0. The summed E-state index contributed by atoms with van der Waals surface area (Å²) in [5.41, 5.74) is 3.53. The second kappa shape index (κ2) is 6.27. The molecule has 4 heteroatoms. The van der Waals surface area contributed by atoms with Crippen molar-refractivity contribution in [1.82, 2.24) is 0 Å². The maximum atomic E-state index is 11.5. The van der Waals surface area contributed by atoms with Crippen LogP contribution >= 0.6 is 0 Å². The molecule has 0 heterocycles. The zero-order valence-corrected chi connectivity index (χ0v) is 15.4. The summed E-state index contributed by atoms with van der Waals surface area (Å²) in [5.74, 6) is -1.87. The van der Waals surface area contributed by atoms with E-state index in [4.69, 9.17) is 0 Å². The fourth-order valence-electron chi connectivity index (χ4n) is 4.48. The largest absolute Gasteiger partial charge is 0.478 e. The first-order valence-corrected chi connectivity index (χ1v) is 8.99. The highest BCUT2D eigenvalue weighted by Gasteiger charge is 2.49. The Morgan fingerprint density at radius 1 is 0.885 bits per heavy atom. The maximum absolute atomic E-state index is 11.5. The molecular weight excluding hydrogens is 328 g/mol. The van der Waals surface area contributed by atoms with Crippen molar-refractivity contribution in [3.05, 3.63) is 70.3 Å². The van der Waals surface area contributed by atoms with Crippen LogP contribution in [0.5, 0.6) is 0 Å². The zero-order chi connectivity index (χ0) is 19.1. The molecule has 0 radical (unpaired) electrons. The van der Waals surface area contributed by atoms with Crippen LogP contribution in [-0.2, 0) is 10.8 Å². The van der Waals surface area contributed by atoms with Gasteiger partial charge in [-0.25, -0.2) is 9.59 Å². The Bertz CT molecular complexity index is 868. The first-order valence-electron chi connectivity index (χ1n) is 8.99. The smallest absolute Gasteiger partial charge is 0.335 e. The molecule has 0 saturated carbocycles. The van der Waals surface area contributed by atoms with Crippen LogP contribution < -0.4 is 0 Å². The Labute approximate surface area is 153 Å². The normalized spacial score (nSPS) is 24.3. The molecule has 26 heavy (non-hydrogen) atoms. The molecule has 3 rings (SSSR count). The standard InChI is InChI=1S/C22H24O4/c1-4-21(3)13-22(5-2,16-9-6-14(7-10-16)19(23)24)18-12-15(20(25)26)8-11-17(18)21/h6-12H,4-5,13H2,1-3H3,(H,23,24)(H,25,26). The fourth-order valence-corrected chi connectivity index (χ4v) is 4.48. The zero-order valence-electron chi connectivity index (χ0n) is 15.4. The van der Waals surface area contributed by atoms with Crippen molar-refractivity contribution in [3.63, 3.8) is 0 Å². The molecule has 2 aromatic carbocycles. The predicted molar refractivity (Wildman–Crippen MR) is 100 cm³/mol. The molecule has 2 aromatic rings. The molecule has 2 atom stereocenters. The third-order valence-corrected chi connectivity index (χ3v) is 6.19. The minimum absolute atomic E-state index is 0.0339. The minimum atomic E-state index is -0.944. The molecule has 1 aliphatic rings. The van der Waals surface area contributed by atoms with Crippen molar-refractivity contribution < 1.29 is 19.8 Å². The number of hydrogen-bond acceptors (Lipinski definition) is 2. The predicted octanol–water partition coefficient (Wildman–Crippen LogP) is 4.85. The molecule has 0 saturated heterocycles. The van der Waals surface area contributed by atoms with Gasteiger partial charge in [0, 0.05) is 5.41 Å². The molecule has 2 unspecified atom stereocenters. The third kappa shape index (κ3) is 2.61. The van der Waals surface area contributed by atoms with Crippen LogP contribution in [0.25, 0.3) is 0 Å². The number of carboxylic acids is 2. The summed E-state index contributed by atoms with van der Waals surface area (Å²) >= 11 is 0. The van der Waals surface area contributed by atoms with Gasteiger partial charge in [-0.05, 0) is 65.6 Å². The Hall–Kier alpha value is -2.62. The Morgan fingerprint density at radius 2 is 1.46 bits per heavy atom. The van der Waals surface area contributed by atoms with Crippen molar-refractivity contribution in [2.45, 2.75) is 50.9 Å². The number of benzene rings is 2. The van der Waals surface area contributed by atoms with E-state index in [1.54, 1.807) is 18.2 Å². The van der Waals surface area contributed by atoms with Gasteiger partial charge in [-0.1, -0.05) is 39.0 Å². The van der Waals surface area contributed by atoms with Gasteiger partial charge in [0.25, 0.3) is 0 Å². The van der Waals surface area contributed by atoms with Crippen molar-refractivity contribution in [2.75, 3.05) is 0 Å². The van der Waals surface area contributed by atoms with Gasteiger partial charge in [-0.3, -0.25) is 0 Å². The lowest BCUT2D eigenvalue weighted by Gasteiger charge is -2.33. The van der Waals surface area contributed by atoms with Crippen LogP contribution in [0.1, 0.15) is 77.4 Å². The molecule has 0 aliphatic heterocycles. The molecule has 2 N–H and O–H groups in total. The van der Waals surface area contributed by atoms with Crippen LogP contribution in [0.3, 0.4) is 0 Å². The van der Waals surface area contributed by atoms with E-state index >= 15 is 0 Å². The monoisotopic (exact) mass is 352 g/mol. The van der Waals surface area contributed by atoms with Gasteiger partial charge >= 0.3 is 11.9 Å². The third-order valence-electron chi connectivity index (χ3n) is 6.19. The summed E-state index contributed by atoms with van der Waals surface area (Å²) in [6.45, 7) is 6.51. The number of fused-ring (bicyclic) bond motifs is 1. The molecule has 0 fully saturated rings. The van der Waals surface area contributed by atoms with Gasteiger partial charge in [-0.2, -0.15) is 0 Å². The quantitative estimate of drug-likeness (QED) is 0.806. The molecule has 0 aromatic heterocycles. The Morgan fingerprint density at radius 3 is 1.96 bits per heavy atom. The molecular formula is C22H24O4. The number of carbonyl (C=O) groups is 2. The molecule has 0 amide bonds.